The standard InChI is InChI=1S/C19H19NO3S/c1-24-15-9-7-14(8-10-15)18-16(19(22)23)11-17(21)20(18)12-13-5-3-2-4-6-13/h2-10,16,18H,11-12H2,1H3,(H,22,23)/p-1/t16-,18+/m1/s1. The molecule has 1 aliphatic rings. The fourth-order valence-corrected chi connectivity index (χ4v) is 3.59. The first-order valence-corrected chi connectivity index (χ1v) is 9.01. The lowest BCUT2D eigenvalue weighted by Gasteiger charge is -2.29. The number of nitrogens with zero attached hydrogens (tertiary/aromatic N) is 1. The third-order valence-electron chi connectivity index (χ3n) is 4.39. The molecule has 1 amide bonds. The lowest BCUT2D eigenvalue weighted by molar-refractivity contribution is -0.312. The van der Waals surface area contributed by atoms with Gasteiger partial charge in [-0.15, -0.1) is 11.8 Å². The van der Waals surface area contributed by atoms with Crippen LogP contribution in [0.1, 0.15) is 23.6 Å². The SMILES string of the molecule is CSc1ccc([C@H]2[C@H](C(=O)[O-])CC(=O)N2Cc2ccccc2)cc1. The van der Waals surface area contributed by atoms with E-state index < -0.39 is 17.9 Å². The van der Waals surface area contributed by atoms with E-state index >= 15 is 0 Å². The molecular weight excluding hydrogens is 322 g/mol. The van der Waals surface area contributed by atoms with E-state index in [1.54, 1.807) is 16.7 Å². The molecule has 2 aromatic carbocycles. The van der Waals surface area contributed by atoms with Gasteiger partial charge >= 0.3 is 0 Å². The molecule has 1 saturated heterocycles. The third-order valence-corrected chi connectivity index (χ3v) is 5.13. The number of benzene rings is 2. The van der Waals surface area contributed by atoms with Gasteiger partial charge in [-0.25, -0.2) is 0 Å². The van der Waals surface area contributed by atoms with Crippen LogP contribution < -0.4 is 5.11 Å². The van der Waals surface area contributed by atoms with Gasteiger partial charge in [-0.3, -0.25) is 4.79 Å². The zero-order chi connectivity index (χ0) is 17.1. The smallest absolute Gasteiger partial charge is 0.224 e. The van der Waals surface area contributed by atoms with Crippen LogP contribution in [0.3, 0.4) is 0 Å². The first-order chi connectivity index (χ1) is 11.6. The Morgan fingerprint density at radius 3 is 2.42 bits per heavy atom. The molecule has 1 heterocycles. The Labute approximate surface area is 145 Å². The summed E-state index contributed by atoms with van der Waals surface area (Å²) in [7, 11) is 0. The molecule has 4 nitrogen and oxygen atoms in total. The lowest BCUT2D eigenvalue weighted by atomic mass is 9.93. The van der Waals surface area contributed by atoms with Crippen molar-refractivity contribution in [2.75, 3.05) is 6.26 Å². The van der Waals surface area contributed by atoms with E-state index in [1.807, 2.05) is 60.9 Å². The highest BCUT2D eigenvalue weighted by Crippen LogP contribution is 2.39. The van der Waals surface area contributed by atoms with Gasteiger partial charge in [0.1, 0.15) is 0 Å². The number of hydrogen-bond acceptors (Lipinski definition) is 4. The van der Waals surface area contributed by atoms with Crippen molar-refractivity contribution in [1.29, 1.82) is 0 Å². The van der Waals surface area contributed by atoms with Gasteiger partial charge in [0, 0.05) is 29.7 Å². The van der Waals surface area contributed by atoms with Crippen LogP contribution in [0.4, 0.5) is 0 Å². The van der Waals surface area contributed by atoms with Crippen molar-refractivity contribution in [3.63, 3.8) is 0 Å². The number of aliphatic carboxylic acids is 1. The van der Waals surface area contributed by atoms with Gasteiger partial charge in [-0.1, -0.05) is 42.5 Å². The molecule has 0 radical (unpaired) electrons. The van der Waals surface area contributed by atoms with Gasteiger partial charge in [0.15, 0.2) is 0 Å². The number of hydrogen-bond donors (Lipinski definition) is 0. The number of carbonyl (C=O) groups is 2. The third kappa shape index (κ3) is 3.31. The van der Waals surface area contributed by atoms with Crippen LogP contribution in [-0.4, -0.2) is 23.0 Å². The second kappa shape index (κ2) is 7.09. The summed E-state index contributed by atoms with van der Waals surface area (Å²) in [6.07, 6.45) is 1.98. The molecular formula is C19H18NO3S-. The highest BCUT2D eigenvalue weighted by molar-refractivity contribution is 7.98. The molecule has 0 spiro atoms. The normalized spacial score (nSPS) is 20.4. The number of thioether (sulfide) groups is 1. The van der Waals surface area contributed by atoms with E-state index in [4.69, 9.17) is 0 Å². The summed E-state index contributed by atoms with van der Waals surface area (Å²) in [5, 5.41) is 11.6. The molecule has 124 valence electrons. The fraction of sp³-hybridized carbons (Fsp3) is 0.263. The average molecular weight is 340 g/mol. The van der Waals surface area contributed by atoms with Crippen molar-refractivity contribution < 1.29 is 14.7 Å². The van der Waals surface area contributed by atoms with E-state index in [2.05, 4.69) is 0 Å². The van der Waals surface area contributed by atoms with Gasteiger partial charge in [0.25, 0.3) is 0 Å². The molecule has 0 aliphatic carbocycles. The molecule has 1 fully saturated rings. The molecule has 0 unspecified atom stereocenters. The summed E-state index contributed by atoms with van der Waals surface area (Å²) in [6, 6.07) is 16.8. The Morgan fingerprint density at radius 2 is 1.83 bits per heavy atom. The highest BCUT2D eigenvalue weighted by Gasteiger charge is 2.41. The van der Waals surface area contributed by atoms with Crippen LogP contribution in [0.15, 0.2) is 59.5 Å². The van der Waals surface area contributed by atoms with Crippen LogP contribution in [0, 0.1) is 5.92 Å². The summed E-state index contributed by atoms with van der Waals surface area (Å²) < 4.78 is 0. The van der Waals surface area contributed by atoms with Gasteiger partial charge in [0.2, 0.25) is 5.91 Å². The maximum absolute atomic E-state index is 12.4. The monoisotopic (exact) mass is 340 g/mol. The van der Waals surface area contributed by atoms with Crippen LogP contribution in [-0.2, 0) is 16.1 Å². The van der Waals surface area contributed by atoms with Crippen LogP contribution in [0.25, 0.3) is 0 Å². The summed E-state index contributed by atoms with van der Waals surface area (Å²) in [4.78, 5) is 26.7. The maximum Gasteiger partial charge on any atom is 0.224 e. The first-order valence-electron chi connectivity index (χ1n) is 7.78. The lowest BCUT2D eigenvalue weighted by Crippen LogP contribution is -2.36. The van der Waals surface area contributed by atoms with Crippen molar-refractivity contribution in [3.05, 3.63) is 65.7 Å². The largest absolute Gasteiger partial charge is 0.550 e. The predicted molar refractivity (Wildman–Crippen MR) is 91.1 cm³/mol. The van der Waals surface area contributed by atoms with Crippen molar-refractivity contribution in [2.45, 2.75) is 23.9 Å². The number of likely N-dealkylation sites (tertiary alicyclic amines) is 1. The fourth-order valence-electron chi connectivity index (χ4n) is 3.18. The zero-order valence-electron chi connectivity index (χ0n) is 13.3. The Kier molecular flexibility index (Phi) is 4.90. The van der Waals surface area contributed by atoms with Crippen LogP contribution in [0.5, 0.6) is 0 Å². The van der Waals surface area contributed by atoms with Gasteiger partial charge in [0.05, 0.1) is 6.04 Å². The molecule has 0 bridgehead atoms. The Balaban J connectivity index is 1.94. The van der Waals surface area contributed by atoms with Gasteiger partial charge < -0.3 is 14.8 Å². The molecule has 5 heteroatoms. The van der Waals surface area contributed by atoms with Crippen LogP contribution >= 0.6 is 11.8 Å². The molecule has 2 aromatic rings. The quantitative estimate of drug-likeness (QED) is 0.783. The number of amides is 1. The molecule has 0 N–H and O–H groups in total. The average Bonchev–Trinajstić information content (AvgIpc) is 2.93. The number of carboxylic acids is 1. The van der Waals surface area contributed by atoms with E-state index in [1.165, 1.54) is 0 Å². The maximum atomic E-state index is 12.4. The van der Waals surface area contributed by atoms with E-state index in [0.29, 0.717) is 6.54 Å². The highest BCUT2D eigenvalue weighted by atomic mass is 32.2. The summed E-state index contributed by atoms with van der Waals surface area (Å²) in [5.74, 6) is -2.13. The molecule has 0 aromatic heterocycles. The van der Waals surface area contributed by atoms with Gasteiger partial charge in [-0.2, -0.15) is 0 Å². The minimum Gasteiger partial charge on any atom is -0.550 e. The molecule has 24 heavy (non-hydrogen) atoms. The first kappa shape index (κ1) is 16.6. The predicted octanol–water partition coefficient (Wildman–Crippen LogP) is 2.25. The van der Waals surface area contributed by atoms with E-state index in [0.717, 1.165) is 16.0 Å². The molecule has 0 saturated carbocycles. The second-order valence-electron chi connectivity index (χ2n) is 5.85. The number of rotatable bonds is 5. The van der Waals surface area contributed by atoms with Crippen molar-refractivity contribution >= 4 is 23.6 Å². The minimum atomic E-state index is -1.17. The Bertz CT molecular complexity index is 730. The van der Waals surface area contributed by atoms with Crippen molar-refractivity contribution in [3.8, 4) is 0 Å². The van der Waals surface area contributed by atoms with E-state index in [9.17, 15) is 14.7 Å². The summed E-state index contributed by atoms with van der Waals surface area (Å²) >= 11 is 1.62. The topological polar surface area (TPSA) is 60.4 Å². The van der Waals surface area contributed by atoms with Crippen LogP contribution in [0.2, 0.25) is 0 Å². The molecule has 1 aliphatic heterocycles. The Morgan fingerprint density at radius 1 is 1.17 bits per heavy atom. The minimum absolute atomic E-state index is 0.00981. The van der Waals surface area contributed by atoms with E-state index in [-0.39, 0.29) is 12.3 Å². The number of carbonyl (C=O) groups excluding carboxylic acids is 2. The summed E-state index contributed by atoms with van der Waals surface area (Å²) in [5.41, 5.74) is 1.82. The Hall–Kier alpha value is -2.27. The van der Waals surface area contributed by atoms with Crippen molar-refractivity contribution in [1.82, 2.24) is 4.90 Å². The summed E-state index contributed by atoms with van der Waals surface area (Å²) in [6.45, 7) is 0.401. The molecule has 3 rings (SSSR count). The van der Waals surface area contributed by atoms with Crippen molar-refractivity contribution in [2.24, 2.45) is 5.92 Å². The number of carboxylic acid groups (broad SMARTS) is 1. The second-order valence-corrected chi connectivity index (χ2v) is 6.73. The van der Waals surface area contributed by atoms with Gasteiger partial charge in [-0.05, 0) is 29.5 Å². The zero-order valence-corrected chi connectivity index (χ0v) is 14.2. The molecule has 2 atom stereocenters.